The van der Waals surface area contributed by atoms with Gasteiger partial charge in [-0.05, 0) is 72.9 Å². The highest BCUT2D eigenvalue weighted by Crippen LogP contribution is 2.25. The van der Waals surface area contributed by atoms with Gasteiger partial charge in [-0.2, -0.15) is 5.10 Å². The van der Waals surface area contributed by atoms with Crippen molar-refractivity contribution in [2.75, 3.05) is 18.6 Å². The third-order valence-corrected chi connectivity index (χ3v) is 6.44. The highest BCUT2D eigenvalue weighted by molar-refractivity contribution is 5.93. The van der Waals surface area contributed by atoms with Gasteiger partial charge in [0.1, 0.15) is 5.75 Å². The van der Waals surface area contributed by atoms with Crippen LogP contribution in [0.5, 0.6) is 5.75 Å². The van der Waals surface area contributed by atoms with Crippen LogP contribution in [0.2, 0.25) is 0 Å². The minimum Gasteiger partial charge on any atom is -0.493 e. The summed E-state index contributed by atoms with van der Waals surface area (Å²) in [4.78, 5) is 25.7. The van der Waals surface area contributed by atoms with Gasteiger partial charge in [-0.3, -0.25) is 9.48 Å². The van der Waals surface area contributed by atoms with Gasteiger partial charge in [0.25, 0.3) is 0 Å². The minimum absolute atomic E-state index is 0.0238. The van der Waals surface area contributed by atoms with E-state index in [1.165, 1.54) is 5.56 Å². The molecule has 0 saturated carbocycles. The minimum atomic E-state index is -0.951. The van der Waals surface area contributed by atoms with Crippen molar-refractivity contribution in [2.24, 2.45) is 0 Å². The average Bonchev–Trinajstić information content (AvgIpc) is 3.37. The smallest absolute Gasteiger partial charge is 0.335 e. The van der Waals surface area contributed by atoms with Crippen molar-refractivity contribution in [3.63, 3.8) is 0 Å². The lowest BCUT2D eigenvalue weighted by atomic mass is 10.1. The summed E-state index contributed by atoms with van der Waals surface area (Å²) in [5.74, 6) is -0.0632. The van der Waals surface area contributed by atoms with E-state index in [-0.39, 0.29) is 11.5 Å². The first-order chi connectivity index (χ1) is 17.8. The van der Waals surface area contributed by atoms with Crippen molar-refractivity contribution in [2.45, 2.75) is 33.2 Å². The summed E-state index contributed by atoms with van der Waals surface area (Å²) in [6, 6.07) is 20.6. The van der Waals surface area contributed by atoms with Crippen LogP contribution in [0.3, 0.4) is 0 Å². The van der Waals surface area contributed by atoms with Gasteiger partial charge >= 0.3 is 5.97 Å². The maximum atomic E-state index is 12.8. The van der Waals surface area contributed by atoms with Gasteiger partial charge in [-0.1, -0.05) is 36.4 Å². The number of hydrogen-bond donors (Lipinski definition) is 1. The van der Waals surface area contributed by atoms with E-state index < -0.39 is 5.97 Å². The Hall–Kier alpha value is -4.39. The molecule has 0 unspecified atom stereocenters. The number of aryl methyl sites for hydroxylation is 1. The quantitative estimate of drug-likeness (QED) is 0.283. The molecule has 0 atom stereocenters. The standard InChI is InChI=1S/C30H31N3O4/c1-21-8-4-13-28(22(21)2)37-15-7-14-29(34)32(3)27-12-6-10-24(17-27)26-18-31-33(20-26)19-23-9-5-11-25(16-23)30(35)36/h4-6,8-13,16-18,20H,7,14-15,19H2,1-3H3,(H,35,36). The molecule has 4 rings (SSSR count). The summed E-state index contributed by atoms with van der Waals surface area (Å²) >= 11 is 0. The van der Waals surface area contributed by atoms with Crippen molar-refractivity contribution in [3.05, 3.63) is 101 Å². The van der Waals surface area contributed by atoms with Crippen molar-refractivity contribution < 1.29 is 19.4 Å². The van der Waals surface area contributed by atoms with E-state index >= 15 is 0 Å². The Kier molecular flexibility index (Phi) is 8.03. The molecule has 0 aliphatic heterocycles. The number of anilines is 1. The Morgan fingerprint density at radius 1 is 1.00 bits per heavy atom. The number of amides is 1. The van der Waals surface area contributed by atoms with E-state index in [2.05, 4.69) is 18.1 Å². The molecule has 1 amide bonds. The lowest BCUT2D eigenvalue weighted by molar-refractivity contribution is -0.118. The number of aromatic carboxylic acids is 1. The van der Waals surface area contributed by atoms with E-state index in [9.17, 15) is 14.7 Å². The van der Waals surface area contributed by atoms with Gasteiger partial charge in [-0.15, -0.1) is 0 Å². The molecule has 4 aromatic rings. The Morgan fingerprint density at radius 2 is 1.78 bits per heavy atom. The van der Waals surface area contributed by atoms with Crippen LogP contribution in [0.4, 0.5) is 5.69 Å². The summed E-state index contributed by atoms with van der Waals surface area (Å²) in [5, 5.41) is 13.6. The average molecular weight is 498 g/mol. The van der Waals surface area contributed by atoms with E-state index in [4.69, 9.17) is 4.74 Å². The Balaban J connectivity index is 1.35. The summed E-state index contributed by atoms with van der Waals surface area (Å²) in [7, 11) is 1.78. The summed E-state index contributed by atoms with van der Waals surface area (Å²) < 4.78 is 7.66. The molecule has 7 nitrogen and oxygen atoms in total. The predicted octanol–water partition coefficient (Wildman–Crippen LogP) is 5.74. The summed E-state index contributed by atoms with van der Waals surface area (Å²) in [6.45, 7) is 5.04. The number of carbonyl (C=O) groups excluding carboxylic acids is 1. The van der Waals surface area contributed by atoms with Crippen LogP contribution in [0, 0.1) is 13.8 Å². The monoisotopic (exact) mass is 497 g/mol. The summed E-state index contributed by atoms with van der Waals surface area (Å²) in [6.07, 6.45) is 4.70. The Bertz CT molecular complexity index is 1410. The van der Waals surface area contributed by atoms with Crippen molar-refractivity contribution in [1.29, 1.82) is 0 Å². The van der Waals surface area contributed by atoms with Gasteiger partial charge in [-0.25, -0.2) is 4.79 Å². The molecular formula is C30H31N3O4. The number of carbonyl (C=O) groups is 2. The third-order valence-electron chi connectivity index (χ3n) is 6.44. The molecule has 0 radical (unpaired) electrons. The fourth-order valence-corrected chi connectivity index (χ4v) is 4.08. The van der Waals surface area contributed by atoms with E-state index in [0.29, 0.717) is 26.0 Å². The fourth-order valence-electron chi connectivity index (χ4n) is 4.08. The van der Waals surface area contributed by atoms with Gasteiger partial charge in [0, 0.05) is 30.9 Å². The van der Waals surface area contributed by atoms with Gasteiger partial charge < -0.3 is 14.7 Å². The number of rotatable bonds is 10. The lowest BCUT2D eigenvalue weighted by Gasteiger charge is -2.18. The van der Waals surface area contributed by atoms with Crippen LogP contribution >= 0.6 is 0 Å². The molecule has 0 saturated heterocycles. The largest absolute Gasteiger partial charge is 0.493 e. The Morgan fingerprint density at radius 3 is 2.59 bits per heavy atom. The molecule has 1 N–H and O–H groups in total. The first-order valence-electron chi connectivity index (χ1n) is 12.2. The predicted molar refractivity (Wildman–Crippen MR) is 144 cm³/mol. The topological polar surface area (TPSA) is 84.7 Å². The second kappa shape index (κ2) is 11.6. The van der Waals surface area contributed by atoms with Crippen molar-refractivity contribution in [3.8, 4) is 16.9 Å². The molecule has 37 heavy (non-hydrogen) atoms. The molecule has 0 aliphatic rings. The van der Waals surface area contributed by atoms with E-state index in [0.717, 1.165) is 33.7 Å². The van der Waals surface area contributed by atoms with Crippen LogP contribution in [-0.2, 0) is 11.3 Å². The molecule has 0 spiro atoms. The number of carboxylic acid groups (broad SMARTS) is 1. The number of hydrogen-bond acceptors (Lipinski definition) is 4. The molecule has 190 valence electrons. The Labute approximate surface area is 216 Å². The molecule has 7 heteroatoms. The molecule has 1 heterocycles. The van der Waals surface area contributed by atoms with E-state index in [1.54, 1.807) is 41.0 Å². The number of ether oxygens (including phenoxy) is 1. The molecule has 0 bridgehead atoms. The number of nitrogens with zero attached hydrogens (tertiary/aromatic N) is 3. The number of carboxylic acids is 1. The second-order valence-electron chi connectivity index (χ2n) is 9.09. The molecule has 1 aromatic heterocycles. The molecule has 0 fully saturated rings. The van der Waals surface area contributed by atoms with Gasteiger partial charge in [0.15, 0.2) is 0 Å². The van der Waals surface area contributed by atoms with E-state index in [1.807, 2.05) is 55.6 Å². The van der Waals surface area contributed by atoms with Crippen LogP contribution in [0.25, 0.3) is 11.1 Å². The maximum Gasteiger partial charge on any atom is 0.335 e. The van der Waals surface area contributed by atoms with Crippen molar-refractivity contribution in [1.82, 2.24) is 9.78 Å². The first kappa shape index (κ1) is 25.7. The van der Waals surface area contributed by atoms with Gasteiger partial charge in [0.05, 0.1) is 24.9 Å². The molecular weight excluding hydrogens is 466 g/mol. The van der Waals surface area contributed by atoms with Crippen LogP contribution < -0.4 is 9.64 Å². The zero-order valence-electron chi connectivity index (χ0n) is 21.3. The SMILES string of the molecule is Cc1cccc(OCCCC(=O)N(C)c2cccc(-c3cnn(Cc4cccc(C(=O)O)c4)c3)c2)c1C. The third kappa shape index (κ3) is 6.44. The van der Waals surface area contributed by atoms with Crippen LogP contribution in [0.15, 0.2) is 79.1 Å². The maximum absolute atomic E-state index is 12.8. The number of aromatic nitrogens is 2. The summed E-state index contributed by atoms with van der Waals surface area (Å²) in [5.41, 5.74) is 6.09. The van der Waals surface area contributed by atoms with Crippen LogP contribution in [-0.4, -0.2) is 40.4 Å². The lowest BCUT2D eigenvalue weighted by Crippen LogP contribution is -2.26. The highest BCUT2D eigenvalue weighted by Gasteiger charge is 2.13. The van der Waals surface area contributed by atoms with Crippen molar-refractivity contribution >= 4 is 17.6 Å². The zero-order chi connectivity index (χ0) is 26.4. The number of benzene rings is 3. The zero-order valence-corrected chi connectivity index (χ0v) is 21.3. The normalized spacial score (nSPS) is 10.8. The second-order valence-corrected chi connectivity index (χ2v) is 9.09. The fraction of sp³-hybridized carbons (Fsp3) is 0.233. The van der Waals surface area contributed by atoms with Gasteiger partial charge in [0.2, 0.25) is 5.91 Å². The first-order valence-corrected chi connectivity index (χ1v) is 12.2. The highest BCUT2D eigenvalue weighted by atomic mass is 16.5. The molecule has 0 aliphatic carbocycles. The molecule has 3 aromatic carbocycles. The van der Waals surface area contributed by atoms with Crippen LogP contribution in [0.1, 0.15) is 39.9 Å².